The topological polar surface area (TPSA) is 98.8 Å². The molecular formula is C25H34N6O2. The van der Waals surface area contributed by atoms with Gasteiger partial charge in [0.1, 0.15) is 5.84 Å². The van der Waals surface area contributed by atoms with E-state index < -0.39 is 0 Å². The molecule has 2 amide bonds. The summed E-state index contributed by atoms with van der Waals surface area (Å²) in [5.41, 5.74) is 8.33. The number of hydrogen-bond donors (Lipinski definition) is 2. The van der Waals surface area contributed by atoms with E-state index in [0.29, 0.717) is 31.2 Å². The van der Waals surface area contributed by atoms with E-state index in [-0.39, 0.29) is 17.8 Å². The zero-order valence-corrected chi connectivity index (χ0v) is 19.3. The number of nitrogens with zero attached hydrogens (tertiary/aromatic N) is 4. The van der Waals surface area contributed by atoms with Crippen LogP contribution < -0.4 is 10.6 Å². The molecule has 1 atom stereocenters. The summed E-state index contributed by atoms with van der Waals surface area (Å²) in [6, 6.07) is 11.5. The van der Waals surface area contributed by atoms with E-state index in [4.69, 9.17) is 15.9 Å². The highest BCUT2D eigenvalue weighted by atomic mass is 16.5. The average Bonchev–Trinajstić information content (AvgIpc) is 2.83. The van der Waals surface area contributed by atoms with Gasteiger partial charge in [-0.2, -0.15) is 0 Å². The highest BCUT2D eigenvalue weighted by Crippen LogP contribution is 2.27. The number of hydrogen-bond acceptors (Lipinski definition) is 5. The predicted molar refractivity (Wildman–Crippen MR) is 129 cm³/mol. The molecule has 8 nitrogen and oxygen atoms in total. The van der Waals surface area contributed by atoms with Crippen molar-refractivity contribution in [3.63, 3.8) is 0 Å². The van der Waals surface area contributed by atoms with E-state index in [0.717, 1.165) is 44.7 Å². The minimum atomic E-state index is 0.00431. The Hall–Kier alpha value is -2.97. The third kappa shape index (κ3) is 5.89. The van der Waals surface area contributed by atoms with E-state index in [2.05, 4.69) is 16.0 Å². The van der Waals surface area contributed by atoms with Crippen LogP contribution in [0.3, 0.4) is 0 Å². The summed E-state index contributed by atoms with van der Waals surface area (Å²) < 4.78 is 5.44. The molecule has 2 saturated heterocycles. The maximum Gasteiger partial charge on any atom is 0.324 e. The first-order chi connectivity index (χ1) is 16.0. The van der Waals surface area contributed by atoms with Crippen LogP contribution in [0.15, 0.2) is 48.8 Å². The SMILES string of the molecule is COCC1CN(CC2CCN(Cc3cccnc3)CC2)C(=O)N(c2cccc(C(=N)N)c2)C1. The lowest BCUT2D eigenvalue weighted by Gasteiger charge is -2.42. The molecule has 33 heavy (non-hydrogen) atoms. The first kappa shape index (κ1) is 23.2. The number of likely N-dealkylation sites (tertiary alicyclic amines) is 1. The van der Waals surface area contributed by atoms with Crippen LogP contribution in [0.25, 0.3) is 0 Å². The van der Waals surface area contributed by atoms with Gasteiger partial charge in [0, 0.05) is 62.9 Å². The number of nitrogens with one attached hydrogen (secondary N) is 1. The number of methoxy groups -OCH3 is 1. The van der Waals surface area contributed by atoms with Gasteiger partial charge in [-0.1, -0.05) is 18.2 Å². The number of amides is 2. The number of carbonyl (C=O) groups is 1. The number of pyridine rings is 1. The minimum Gasteiger partial charge on any atom is -0.384 e. The molecule has 2 aliphatic rings. The number of aromatic nitrogens is 1. The Labute approximate surface area is 195 Å². The Morgan fingerprint density at radius 1 is 1.18 bits per heavy atom. The largest absolute Gasteiger partial charge is 0.384 e. The van der Waals surface area contributed by atoms with Crippen molar-refractivity contribution in [2.75, 3.05) is 51.3 Å². The van der Waals surface area contributed by atoms with Crippen molar-refractivity contribution in [1.29, 1.82) is 5.41 Å². The molecule has 1 unspecified atom stereocenters. The van der Waals surface area contributed by atoms with Gasteiger partial charge >= 0.3 is 6.03 Å². The lowest BCUT2D eigenvalue weighted by atomic mass is 9.95. The van der Waals surface area contributed by atoms with Crippen LogP contribution in [0.5, 0.6) is 0 Å². The van der Waals surface area contributed by atoms with Crippen LogP contribution in [-0.2, 0) is 11.3 Å². The van der Waals surface area contributed by atoms with Crippen LogP contribution in [0, 0.1) is 17.2 Å². The summed E-state index contributed by atoms with van der Waals surface area (Å²) in [5, 5.41) is 7.74. The zero-order valence-electron chi connectivity index (χ0n) is 19.3. The number of amidine groups is 1. The fraction of sp³-hybridized carbons (Fsp3) is 0.480. The monoisotopic (exact) mass is 450 g/mol. The molecule has 2 fully saturated rings. The van der Waals surface area contributed by atoms with Gasteiger partial charge in [0.2, 0.25) is 0 Å². The minimum absolute atomic E-state index is 0.00431. The van der Waals surface area contributed by atoms with Gasteiger partial charge in [0.15, 0.2) is 0 Å². The van der Waals surface area contributed by atoms with Crippen LogP contribution in [0.1, 0.15) is 24.0 Å². The second-order valence-electron chi connectivity index (χ2n) is 9.16. The Bertz CT molecular complexity index is 945. The third-order valence-electron chi connectivity index (χ3n) is 6.61. The second kappa shape index (κ2) is 10.8. The number of nitrogen functional groups attached to an aromatic ring is 1. The summed E-state index contributed by atoms with van der Waals surface area (Å²) in [7, 11) is 1.71. The van der Waals surface area contributed by atoms with Crippen molar-refractivity contribution < 1.29 is 9.53 Å². The van der Waals surface area contributed by atoms with E-state index in [1.165, 1.54) is 5.56 Å². The van der Waals surface area contributed by atoms with E-state index in [1.807, 2.05) is 46.5 Å². The standard InChI is InChI=1S/C25H34N6O2/c1-33-18-21-16-30(25(32)31(17-21)23-6-2-5-22(12-23)24(26)27)15-19-7-10-29(11-8-19)14-20-4-3-9-28-13-20/h2-6,9,12-13,19,21H,7-8,10-11,14-18H2,1H3,(H3,26,27). The first-order valence-electron chi connectivity index (χ1n) is 11.6. The fourth-order valence-electron chi connectivity index (χ4n) is 4.89. The van der Waals surface area contributed by atoms with Gasteiger partial charge < -0.3 is 15.4 Å². The number of ether oxygens (including phenoxy) is 1. The maximum absolute atomic E-state index is 13.4. The summed E-state index contributed by atoms with van der Waals surface area (Å²) in [6.45, 7) is 5.69. The van der Waals surface area contributed by atoms with Crippen molar-refractivity contribution in [1.82, 2.24) is 14.8 Å². The fourth-order valence-corrected chi connectivity index (χ4v) is 4.89. The van der Waals surface area contributed by atoms with E-state index >= 15 is 0 Å². The normalized spacial score (nSPS) is 20.3. The number of urea groups is 1. The van der Waals surface area contributed by atoms with Crippen molar-refractivity contribution in [3.05, 3.63) is 59.9 Å². The number of carbonyl (C=O) groups excluding carboxylic acids is 1. The maximum atomic E-state index is 13.4. The predicted octanol–water partition coefficient (Wildman–Crippen LogP) is 2.78. The zero-order chi connectivity index (χ0) is 23.2. The Morgan fingerprint density at radius 2 is 2.00 bits per heavy atom. The van der Waals surface area contributed by atoms with Crippen LogP contribution >= 0.6 is 0 Å². The first-order valence-corrected chi connectivity index (χ1v) is 11.6. The molecule has 2 aromatic rings. The second-order valence-corrected chi connectivity index (χ2v) is 9.16. The van der Waals surface area contributed by atoms with Crippen LogP contribution in [0.4, 0.5) is 10.5 Å². The van der Waals surface area contributed by atoms with Crippen molar-refractivity contribution in [2.24, 2.45) is 17.6 Å². The number of anilines is 1. The number of rotatable bonds is 8. The molecule has 2 aliphatic heterocycles. The van der Waals surface area contributed by atoms with Crippen LogP contribution in [0.2, 0.25) is 0 Å². The lowest BCUT2D eigenvalue weighted by Crippen LogP contribution is -2.56. The highest BCUT2D eigenvalue weighted by Gasteiger charge is 2.34. The Balaban J connectivity index is 1.39. The highest BCUT2D eigenvalue weighted by molar-refractivity contribution is 5.98. The van der Waals surface area contributed by atoms with Crippen molar-refractivity contribution in [2.45, 2.75) is 19.4 Å². The molecule has 0 aliphatic carbocycles. The number of piperidine rings is 1. The molecule has 4 rings (SSSR count). The smallest absolute Gasteiger partial charge is 0.324 e. The summed E-state index contributed by atoms with van der Waals surface area (Å²) in [6.07, 6.45) is 5.91. The molecule has 0 spiro atoms. The van der Waals surface area contributed by atoms with Gasteiger partial charge in [-0.05, 0) is 55.6 Å². The summed E-state index contributed by atoms with van der Waals surface area (Å²) in [4.78, 5) is 23.9. The summed E-state index contributed by atoms with van der Waals surface area (Å²) in [5.74, 6) is 0.731. The number of nitrogens with two attached hydrogens (primary N) is 1. The molecule has 3 heterocycles. The van der Waals surface area contributed by atoms with Crippen molar-refractivity contribution in [3.8, 4) is 0 Å². The molecule has 3 N–H and O–H groups in total. The van der Waals surface area contributed by atoms with E-state index in [9.17, 15) is 4.79 Å². The van der Waals surface area contributed by atoms with Gasteiger partial charge in [-0.15, -0.1) is 0 Å². The van der Waals surface area contributed by atoms with Crippen molar-refractivity contribution >= 4 is 17.6 Å². The molecule has 1 aromatic carbocycles. The number of benzene rings is 1. The third-order valence-corrected chi connectivity index (χ3v) is 6.61. The molecular weight excluding hydrogens is 416 g/mol. The van der Waals surface area contributed by atoms with Gasteiger partial charge in [0.05, 0.1) is 6.61 Å². The molecule has 0 radical (unpaired) electrons. The Morgan fingerprint density at radius 3 is 2.70 bits per heavy atom. The molecule has 176 valence electrons. The lowest BCUT2D eigenvalue weighted by molar-refractivity contribution is 0.0986. The van der Waals surface area contributed by atoms with Gasteiger partial charge in [-0.3, -0.25) is 20.2 Å². The van der Waals surface area contributed by atoms with Gasteiger partial charge in [0.25, 0.3) is 0 Å². The molecule has 0 bridgehead atoms. The molecule has 1 aromatic heterocycles. The average molecular weight is 451 g/mol. The van der Waals surface area contributed by atoms with Gasteiger partial charge in [-0.25, -0.2) is 4.79 Å². The molecule has 0 saturated carbocycles. The molecule has 8 heteroatoms. The Kier molecular flexibility index (Phi) is 7.57. The van der Waals surface area contributed by atoms with E-state index in [1.54, 1.807) is 13.2 Å². The summed E-state index contributed by atoms with van der Waals surface area (Å²) >= 11 is 0. The quantitative estimate of drug-likeness (QED) is 0.476. The van der Waals surface area contributed by atoms with Crippen LogP contribution in [-0.4, -0.2) is 73.1 Å².